The van der Waals surface area contributed by atoms with Crippen LogP contribution in [-0.4, -0.2) is 22.5 Å². The molecule has 1 aromatic carbocycles. The number of fused-ring (bicyclic) bond motifs is 2. The third-order valence-corrected chi connectivity index (χ3v) is 4.20. The predicted molar refractivity (Wildman–Crippen MR) is 87.5 cm³/mol. The maximum Gasteiger partial charge on any atom is 0.252 e. The van der Waals surface area contributed by atoms with E-state index < -0.39 is 11.7 Å². The molecule has 4 N–H and O–H groups in total. The van der Waals surface area contributed by atoms with Gasteiger partial charge >= 0.3 is 0 Å². The van der Waals surface area contributed by atoms with E-state index in [9.17, 15) is 9.18 Å². The minimum absolute atomic E-state index is 0.192. The topological polar surface area (TPSA) is 93.0 Å². The molecule has 0 spiro atoms. The number of rotatable bonds is 3. The molecular weight excluding hydrogens is 311 g/mol. The molecule has 0 radical (unpaired) electrons. The van der Waals surface area contributed by atoms with Crippen LogP contribution < -0.4 is 15.8 Å². The van der Waals surface area contributed by atoms with Crippen molar-refractivity contribution in [3.05, 3.63) is 53.6 Å². The van der Waals surface area contributed by atoms with Crippen molar-refractivity contribution in [1.82, 2.24) is 9.97 Å². The monoisotopic (exact) mass is 326 g/mol. The van der Waals surface area contributed by atoms with Crippen LogP contribution in [0, 0.1) is 5.82 Å². The van der Waals surface area contributed by atoms with Crippen molar-refractivity contribution in [2.24, 2.45) is 5.73 Å². The van der Waals surface area contributed by atoms with Gasteiger partial charge in [0.1, 0.15) is 5.65 Å². The largest absolute Gasteiger partial charge is 0.490 e. The number of amides is 1. The van der Waals surface area contributed by atoms with Crippen molar-refractivity contribution in [3.63, 3.8) is 0 Å². The quantitative estimate of drug-likeness (QED) is 0.690. The Hall–Kier alpha value is -3.09. The first-order valence-electron chi connectivity index (χ1n) is 7.59. The van der Waals surface area contributed by atoms with Crippen molar-refractivity contribution in [3.8, 4) is 5.75 Å². The Kier molecular flexibility index (Phi) is 3.34. The molecule has 3 heterocycles. The second-order valence-corrected chi connectivity index (χ2v) is 5.64. The van der Waals surface area contributed by atoms with Gasteiger partial charge < -0.3 is 20.8 Å². The molecule has 7 heteroatoms. The van der Waals surface area contributed by atoms with Crippen LogP contribution in [0.5, 0.6) is 5.75 Å². The minimum Gasteiger partial charge on any atom is -0.490 e. The van der Waals surface area contributed by atoms with E-state index in [4.69, 9.17) is 10.5 Å². The zero-order valence-electron chi connectivity index (χ0n) is 12.7. The summed E-state index contributed by atoms with van der Waals surface area (Å²) in [7, 11) is 0. The lowest BCUT2D eigenvalue weighted by Crippen LogP contribution is -2.23. The molecule has 0 aliphatic carbocycles. The Morgan fingerprint density at radius 2 is 2.29 bits per heavy atom. The number of halogens is 1. The number of para-hydroxylation sites is 1. The van der Waals surface area contributed by atoms with Crippen molar-refractivity contribution < 1.29 is 13.9 Å². The van der Waals surface area contributed by atoms with Crippen LogP contribution in [0.3, 0.4) is 0 Å². The van der Waals surface area contributed by atoms with E-state index in [1.165, 1.54) is 12.3 Å². The first-order chi connectivity index (χ1) is 11.6. The molecule has 0 saturated heterocycles. The summed E-state index contributed by atoms with van der Waals surface area (Å²) in [6, 6.07) is 6.46. The lowest BCUT2D eigenvalue weighted by Gasteiger charge is -2.28. The molecule has 1 aliphatic heterocycles. The number of aromatic amines is 1. The van der Waals surface area contributed by atoms with Gasteiger partial charge in [0.15, 0.2) is 11.6 Å². The van der Waals surface area contributed by atoms with Gasteiger partial charge in [-0.25, -0.2) is 9.37 Å². The van der Waals surface area contributed by atoms with Crippen LogP contribution in [-0.2, 0) is 0 Å². The molecule has 3 aromatic rings. The van der Waals surface area contributed by atoms with Crippen LogP contribution in [0.1, 0.15) is 28.4 Å². The predicted octanol–water partition coefficient (Wildman–Crippen LogP) is 2.74. The van der Waals surface area contributed by atoms with Crippen molar-refractivity contribution in [2.45, 2.75) is 12.5 Å². The Balaban J connectivity index is 1.81. The van der Waals surface area contributed by atoms with Gasteiger partial charge in [-0.05, 0) is 12.1 Å². The van der Waals surface area contributed by atoms with Crippen LogP contribution >= 0.6 is 0 Å². The third-order valence-electron chi connectivity index (χ3n) is 4.20. The number of pyridine rings is 1. The number of nitrogens with zero attached hydrogens (tertiary/aromatic N) is 1. The summed E-state index contributed by atoms with van der Waals surface area (Å²) < 4.78 is 19.4. The summed E-state index contributed by atoms with van der Waals surface area (Å²) in [4.78, 5) is 19.0. The van der Waals surface area contributed by atoms with Crippen LogP contribution in [0.4, 0.5) is 10.1 Å². The van der Waals surface area contributed by atoms with Crippen molar-refractivity contribution in [2.75, 3.05) is 11.9 Å². The molecule has 1 unspecified atom stereocenters. The molecule has 4 rings (SSSR count). The van der Waals surface area contributed by atoms with Gasteiger partial charge in [-0.1, -0.05) is 12.1 Å². The summed E-state index contributed by atoms with van der Waals surface area (Å²) in [6.45, 7) is 0.388. The van der Waals surface area contributed by atoms with Crippen LogP contribution in [0.2, 0.25) is 0 Å². The Morgan fingerprint density at radius 1 is 1.42 bits per heavy atom. The Bertz CT molecular complexity index is 937. The molecule has 0 fully saturated rings. The number of benzene rings is 1. The van der Waals surface area contributed by atoms with Gasteiger partial charge in [0.05, 0.1) is 23.9 Å². The molecule has 1 amide bonds. The molecule has 24 heavy (non-hydrogen) atoms. The number of nitrogens with two attached hydrogens (primary N) is 1. The number of hydrogen-bond donors (Lipinski definition) is 3. The van der Waals surface area contributed by atoms with Gasteiger partial charge in [0, 0.05) is 29.8 Å². The molecule has 1 atom stereocenters. The smallest absolute Gasteiger partial charge is 0.252 e. The third kappa shape index (κ3) is 2.25. The van der Waals surface area contributed by atoms with Crippen LogP contribution in [0.15, 0.2) is 36.7 Å². The fraction of sp³-hybridized carbons (Fsp3) is 0.176. The Morgan fingerprint density at radius 3 is 3.12 bits per heavy atom. The summed E-state index contributed by atoms with van der Waals surface area (Å²) >= 11 is 0. The van der Waals surface area contributed by atoms with E-state index in [0.717, 1.165) is 10.9 Å². The van der Waals surface area contributed by atoms with E-state index in [1.54, 1.807) is 12.3 Å². The highest BCUT2D eigenvalue weighted by atomic mass is 19.1. The number of primary amides is 1. The number of aromatic nitrogens is 2. The zero-order valence-corrected chi connectivity index (χ0v) is 12.7. The van der Waals surface area contributed by atoms with Gasteiger partial charge in [0.2, 0.25) is 0 Å². The maximum atomic E-state index is 14.0. The average Bonchev–Trinajstić information content (AvgIpc) is 3.05. The first kappa shape index (κ1) is 14.5. The van der Waals surface area contributed by atoms with E-state index in [0.29, 0.717) is 29.9 Å². The minimum atomic E-state index is -0.570. The SMILES string of the molecule is NC(=O)c1cnc2[nH]ccc2c1NC1CCOc2c(F)cccc21. The summed E-state index contributed by atoms with van der Waals surface area (Å²) in [5.74, 6) is -0.712. The van der Waals surface area contributed by atoms with Gasteiger partial charge in [-0.3, -0.25) is 4.79 Å². The molecule has 0 bridgehead atoms. The second-order valence-electron chi connectivity index (χ2n) is 5.64. The Labute approximate surface area is 136 Å². The zero-order chi connectivity index (χ0) is 16.7. The molecule has 6 nitrogen and oxygen atoms in total. The summed E-state index contributed by atoms with van der Waals surface area (Å²) in [5, 5.41) is 4.10. The van der Waals surface area contributed by atoms with E-state index in [2.05, 4.69) is 15.3 Å². The number of anilines is 1. The summed E-state index contributed by atoms with van der Waals surface area (Å²) in [5.41, 5.74) is 7.74. The highest BCUT2D eigenvalue weighted by molar-refractivity contribution is 6.06. The number of carbonyl (C=O) groups is 1. The summed E-state index contributed by atoms with van der Waals surface area (Å²) in [6.07, 6.45) is 3.82. The lowest BCUT2D eigenvalue weighted by molar-refractivity contribution is 0.100. The molecule has 1 aliphatic rings. The number of hydrogen-bond acceptors (Lipinski definition) is 4. The van der Waals surface area contributed by atoms with Crippen molar-refractivity contribution >= 4 is 22.6 Å². The van der Waals surface area contributed by atoms with Crippen molar-refractivity contribution in [1.29, 1.82) is 0 Å². The second kappa shape index (κ2) is 5.52. The van der Waals surface area contributed by atoms with E-state index >= 15 is 0 Å². The van der Waals surface area contributed by atoms with Gasteiger partial charge in [0.25, 0.3) is 5.91 Å². The number of ether oxygens (including phenoxy) is 1. The number of nitrogens with one attached hydrogen (secondary N) is 2. The highest BCUT2D eigenvalue weighted by Gasteiger charge is 2.26. The highest BCUT2D eigenvalue weighted by Crippen LogP contribution is 2.38. The maximum absolute atomic E-state index is 14.0. The fourth-order valence-corrected chi connectivity index (χ4v) is 3.06. The number of carbonyl (C=O) groups excluding carboxylic acids is 1. The molecule has 2 aromatic heterocycles. The molecular formula is C17H15FN4O2. The first-order valence-corrected chi connectivity index (χ1v) is 7.59. The van der Waals surface area contributed by atoms with Gasteiger partial charge in [-0.2, -0.15) is 0 Å². The molecule has 0 saturated carbocycles. The average molecular weight is 326 g/mol. The standard InChI is InChI=1S/C17H15FN4O2/c18-12-3-1-2-9-13(5-7-24-15(9)12)22-14-10-4-6-20-17(10)21-8-11(14)16(19)23/h1-4,6,8,13H,5,7H2,(H2,19,23)(H2,20,21,22). The van der Waals surface area contributed by atoms with Crippen LogP contribution in [0.25, 0.3) is 11.0 Å². The fourth-order valence-electron chi connectivity index (χ4n) is 3.06. The van der Waals surface area contributed by atoms with E-state index in [1.807, 2.05) is 12.1 Å². The van der Waals surface area contributed by atoms with Gasteiger partial charge in [-0.15, -0.1) is 0 Å². The van der Waals surface area contributed by atoms with E-state index in [-0.39, 0.29) is 11.8 Å². The normalized spacial score (nSPS) is 16.5. The molecule has 122 valence electrons. The lowest BCUT2D eigenvalue weighted by atomic mass is 9.99. The number of H-pyrrole nitrogens is 1.